The first-order chi connectivity index (χ1) is 14.9. The number of nitrogens with two attached hydrogens (primary N) is 1. The summed E-state index contributed by atoms with van der Waals surface area (Å²) in [6, 6.07) is 12.3. The standard InChI is InChI=1S/C23H23ClN4O3/c24-18-3-1-2-17(11-18)23(14-25)8-6-19(7-9-23)28-21(29)5-4-20(27-28)15-10-16(22(30)31)13-26-12-15/h1-5,10-13,19H,6-9,14,25H2,(H,30,31). The predicted molar refractivity (Wildman–Crippen MR) is 118 cm³/mol. The van der Waals surface area contributed by atoms with E-state index in [1.54, 1.807) is 12.3 Å². The molecule has 0 amide bonds. The fraction of sp³-hybridized carbons (Fsp3) is 0.304. The molecule has 8 heteroatoms. The molecule has 0 atom stereocenters. The van der Waals surface area contributed by atoms with Gasteiger partial charge in [-0.2, -0.15) is 5.10 Å². The van der Waals surface area contributed by atoms with Crippen molar-refractivity contribution in [2.24, 2.45) is 5.73 Å². The molecule has 31 heavy (non-hydrogen) atoms. The van der Waals surface area contributed by atoms with E-state index in [-0.39, 0.29) is 22.6 Å². The van der Waals surface area contributed by atoms with Gasteiger partial charge in [0, 0.05) is 41.0 Å². The SMILES string of the molecule is NCC1(c2cccc(Cl)c2)CCC(n2nc(-c3cncc(C(=O)O)c3)ccc2=O)CC1. The van der Waals surface area contributed by atoms with Gasteiger partial charge >= 0.3 is 5.97 Å². The predicted octanol–water partition coefficient (Wildman–Crippen LogP) is 3.67. The molecule has 0 unspecified atom stereocenters. The highest BCUT2D eigenvalue weighted by Gasteiger charge is 2.37. The molecule has 1 aliphatic carbocycles. The highest BCUT2D eigenvalue weighted by Crippen LogP contribution is 2.42. The van der Waals surface area contributed by atoms with Crippen LogP contribution in [0, 0.1) is 0 Å². The van der Waals surface area contributed by atoms with Crippen LogP contribution in [0.1, 0.15) is 47.6 Å². The van der Waals surface area contributed by atoms with Gasteiger partial charge in [-0.15, -0.1) is 0 Å². The van der Waals surface area contributed by atoms with E-state index in [0.29, 0.717) is 22.8 Å². The van der Waals surface area contributed by atoms with Gasteiger partial charge in [-0.25, -0.2) is 9.48 Å². The highest BCUT2D eigenvalue weighted by molar-refractivity contribution is 6.30. The topological polar surface area (TPSA) is 111 Å². The minimum absolute atomic E-state index is 0.0538. The Morgan fingerprint density at radius 3 is 2.65 bits per heavy atom. The monoisotopic (exact) mass is 438 g/mol. The molecule has 7 nitrogen and oxygen atoms in total. The lowest BCUT2D eigenvalue weighted by Crippen LogP contribution is -2.41. The molecule has 4 rings (SSSR count). The maximum Gasteiger partial charge on any atom is 0.337 e. The lowest BCUT2D eigenvalue weighted by atomic mass is 9.68. The number of carbonyl (C=O) groups is 1. The molecule has 0 aliphatic heterocycles. The number of nitrogens with zero attached hydrogens (tertiary/aromatic N) is 3. The molecule has 1 saturated carbocycles. The zero-order chi connectivity index (χ0) is 22.0. The van der Waals surface area contributed by atoms with E-state index in [0.717, 1.165) is 31.2 Å². The van der Waals surface area contributed by atoms with Gasteiger partial charge in [0.2, 0.25) is 0 Å². The second-order valence-corrected chi connectivity index (χ2v) is 8.43. The van der Waals surface area contributed by atoms with Gasteiger partial charge < -0.3 is 10.8 Å². The molecular formula is C23H23ClN4O3. The quantitative estimate of drug-likeness (QED) is 0.628. The van der Waals surface area contributed by atoms with E-state index >= 15 is 0 Å². The number of halogens is 1. The summed E-state index contributed by atoms with van der Waals surface area (Å²) in [7, 11) is 0. The van der Waals surface area contributed by atoms with E-state index in [2.05, 4.69) is 16.1 Å². The number of aromatic carboxylic acids is 1. The maximum atomic E-state index is 12.6. The maximum absolute atomic E-state index is 12.6. The smallest absolute Gasteiger partial charge is 0.337 e. The summed E-state index contributed by atoms with van der Waals surface area (Å²) in [6.07, 6.45) is 5.99. The minimum atomic E-state index is -1.06. The lowest BCUT2D eigenvalue weighted by Gasteiger charge is -2.40. The summed E-state index contributed by atoms with van der Waals surface area (Å²) >= 11 is 6.20. The van der Waals surface area contributed by atoms with Gasteiger partial charge in [0.05, 0.1) is 17.3 Å². The summed E-state index contributed by atoms with van der Waals surface area (Å²) in [4.78, 5) is 27.8. The van der Waals surface area contributed by atoms with Crippen LogP contribution >= 0.6 is 11.6 Å². The van der Waals surface area contributed by atoms with E-state index in [4.69, 9.17) is 17.3 Å². The van der Waals surface area contributed by atoms with Crippen LogP contribution in [-0.2, 0) is 5.41 Å². The summed E-state index contributed by atoms with van der Waals surface area (Å²) in [5, 5.41) is 14.4. The number of rotatable bonds is 5. The molecule has 3 N–H and O–H groups in total. The van der Waals surface area contributed by atoms with Crippen LogP contribution in [-0.4, -0.2) is 32.4 Å². The van der Waals surface area contributed by atoms with Gasteiger partial charge in [-0.1, -0.05) is 23.7 Å². The number of benzene rings is 1. The molecule has 0 radical (unpaired) electrons. The molecule has 0 saturated heterocycles. The average molecular weight is 439 g/mol. The van der Waals surface area contributed by atoms with E-state index in [1.165, 1.54) is 23.0 Å². The van der Waals surface area contributed by atoms with Crippen molar-refractivity contribution >= 4 is 17.6 Å². The van der Waals surface area contributed by atoms with Gasteiger partial charge in [-0.05, 0) is 55.5 Å². The number of hydrogen-bond acceptors (Lipinski definition) is 5. The highest BCUT2D eigenvalue weighted by atomic mass is 35.5. The van der Waals surface area contributed by atoms with Crippen molar-refractivity contribution in [1.29, 1.82) is 0 Å². The van der Waals surface area contributed by atoms with Crippen molar-refractivity contribution in [3.63, 3.8) is 0 Å². The van der Waals surface area contributed by atoms with E-state index in [1.807, 2.05) is 18.2 Å². The second-order valence-electron chi connectivity index (χ2n) is 7.99. The number of aromatic nitrogens is 3. The fourth-order valence-corrected chi connectivity index (χ4v) is 4.56. The third-order valence-electron chi connectivity index (χ3n) is 6.19. The normalized spacial score (nSPS) is 21.0. The Labute approximate surface area is 184 Å². The molecule has 1 aromatic carbocycles. The largest absolute Gasteiger partial charge is 0.478 e. The molecule has 1 fully saturated rings. The molecule has 160 valence electrons. The summed E-state index contributed by atoms with van der Waals surface area (Å²) in [6.45, 7) is 0.510. The Morgan fingerprint density at radius 2 is 1.97 bits per heavy atom. The average Bonchev–Trinajstić information content (AvgIpc) is 2.79. The fourth-order valence-electron chi connectivity index (χ4n) is 4.37. The minimum Gasteiger partial charge on any atom is -0.478 e. The van der Waals surface area contributed by atoms with Crippen molar-refractivity contribution in [3.8, 4) is 11.3 Å². The van der Waals surface area contributed by atoms with E-state index in [9.17, 15) is 14.7 Å². The first kappa shape index (κ1) is 21.2. The van der Waals surface area contributed by atoms with Gasteiger partial charge in [0.25, 0.3) is 5.56 Å². The Kier molecular flexibility index (Phi) is 5.89. The van der Waals surface area contributed by atoms with Gasteiger partial charge in [0.1, 0.15) is 0 Å². The molecule has 0 spiro atoms. The van der Waals surface area contributed by atoms with Crippen LogP contribution in [0.3, 0.4) is 0 Å². The Bertz CT molecular complexity index is 1170. The molecule has 2 heterocycles. The van der Waals surface area contributed by atoms with Gasteiger partial charge in [-0.3, -0.25) is 9.78 Å². The third kappa shape index (κ3) is 4.24. The Hall–Kier alpha value is -3.03. The molecule has 0 bridgehead atoms. The number of pyridine rings is 1. The molecule has 3 aromatic rings. The van der Waals surface area contributed by atoms with Crippen LogP contribution in [0.4, 0.5) is 0 Å². The summed E-state index contributed by atoms with van der Waals surface area (Å²) < 4.78 is 1.52. The lowest BCUT2D eigenvalue weighted by molar-refractivity contribution is 0.0696. The van der Waals surface area contributed by atoms with Gasteiger partial charge in [0.15, 0.2) is 0 Å². The van der Waals surface area contributed by atoms with Crippen LogP contribution < -0.4 is 11.3 Å². The zero-order valence-electron chi connectivity index (χ0n) is 16.9. The number of carboxylic acids is 1. The summed E-state index contributed by atoms with van der Waals surface area (Å²) in [5.41, 5.74) is 8.12. The molecular weight excluding hydrogens is 416 g/mol. The first-order valence-corrected chi connectivity index (χ1v) is 10.5. The van der Waals surface area contributed by atoms with Crippen LogP contribution in [0.5, 0.6) is 0 Å². The van der Waals surface area contributed by atoms with Crippen LogP contribution in [0.15, 0.2) is 59.7 Å². The van der Waals surface area contributed by atoms with Crippen molar-refractivity contribution in [3.05, 3.63) is 81.4 Å². The second kappa shape index (κ2) is 8.61. The molecule has 1 aliphatic rings. The van der Waals surface area contributed by atoms with Crippen LogP contribution in [0.2, 0.25) is 5.02 Å². The van der Waals surface area contributed by atoms with Crippen molar-refractivity contribution in [1.82, 2.24) is 14.8 Å². The van der Waals surface area contributed by atoms with Crippen molar-refractivity contribution < 1.29 is 9.90 Å². The van der Waals surface area contributed by atoms with E-state index < -0.39 is 5.97 Å². The number of carboxylic acid groups (broad SMARTS) is 1. The van der Waals surface area contributed by atoms with Crippen molar-refractivity contribution in [2.75, 3.05) is 6.54 Å². The number of hydrogen-bond donors (Lipinski definition) is 2. The third-order valence-corrected chi connectivity index (χ3v) is 6.43. The molecule has 2 aromatic heterocycles. The van der Waals surface area contributed by atoms with Crippen molar-refractivity contribution in [2.45, 2.75) is 37.1 Å². The Morgan fingerprint density at radius 1 is 1.19 bits per heavy atom. The zero-order valence-corrected chi connectivity index (χ0v) is 17.6. The Balaban J connectivity index is 1.60. The first-order valence-electron chi connectivity index (χ1n) is 10.2. The van der Waals surface area contributed by atoms with Crippen LogP contribution in [0.25, 0.3) is 11.3 Å². The summed E-state index contributed by atoms with van der Waals surface area (Å²) in [5.74, 6) is -1.06.